The van der Waals surface area contributed by atoms with Crippen molar-refractivity contribution in [1.82, 2.24) is 5.32 Å². The smallest absolute Gasteiger partial charge is 0.241 e. The second-order valence-corrected chi connectivity index (χ2v) is 9.58. The first-order valence-electron chi connectivity index (χ1n) is 9.67. The molecule has 0 unspecified atom stereocenters. The zero-order chi connectivity index (χ0) is 20.9. The minimum absolute atomic E-state index is 0.285. The predicted molar refractivity (Wildman–Crippen MR) is 118 cm³/mol. The van der Waals surface area contributed by atoms with Crippen molar-refractivity contribution in [1.29, 1.82) is 0 Å². The van der Waals surface area contributed by atoms with Gasteiger partial charge in [-0.2, -0.15) is 0 Å². The molecule has 1 fully saturated rings. The van der Waals surface area contributed by atoms with Gasteiger partial charge in [0.05, 0.1) is 11.9 Å². The molecular formula is C21H26ClN3O3S. The molecule has 1 heterocycles. The quantitative estimate of drug-likeness (QED) is 0.723. The van der Waals surface area contributed by atoms with E-state index in [0.29, 0.717) is 17.3 Å². The topological polar surface area (TPSA) is 69.7 Å². The number of carbonyl (C=O) groups is 1. The van der Waals surface area contributed by atoms with Crippen molar-refractivity contribution < 1.29 is 13.2 Å². The van der Waals surface area contributed by atoms with Crippen LogP contribution in [0, 0.1) is 0 Å². The number of nitrogens with zero attached hydrogens (tertiary/aromatic N) is 2. The minimum Gasteiger partial charge on any atom is -0.372 e. The summed E-state index contributed by atoms with van der Waals surface area (Å²) in [6.45, 7) is 2.23. The van der Waals surface area contributed by atoms with Crippen molar-refractivity contribution >= 4 is 38.9 Å². The monoisotopic (exact) mass is 435 g/mol. The third kappa shape index (κ3) is 6.11. The maximum Gasteiger partial charge on any atom is 0.241 e. The molecule has 2 aromatic carbocycles. The average molecular weight is 436 g/mol. The molecular weight excluding hydrogens is 410 g/mol. The minimum atomic E-state index is -3.60. The first kappa shape index (κ1) is 21.5. The van der Waals surface area contributed by atoms with E-state index in [0.717, 1.165) is 29.2 Å². The van der Waals surface area contributed by atoms with Gasteiger partial charge in [-0.15, -0.1) is 0 Å². The molecule has 0 saturated carbocycles. The molecule has 8 heteroatoms. The van der Waals surface area contributed by atoms with Crippen molar-refractivity contribution in [2.45, 2.75) is 25.8 Å². The van der Waals surface area contributed by atoms with E-state index in [4.69, 9.17) is 11.6 Å². The zero-order valence-corrected chi connectivity index (χ0v) is 18.0. The van der Waals surface area contributed by atoms with Gasteiger partial charge in [-0.3, -0.25) is 9.10 Å². The Hall–Kier alpha value is -2.25. The van der Waals surface area contributed by atoms with Gasteiger partial charge in [0, 0.05) is 30.3 Å². The van der Waals surface area contributed by atoms with Crippen LogP contribution in [0.5, 0.6) is 0 Å². The Morgan fingerprint density at radius 1 is 1.03 bits per heavy atom. The van der Waals surface area contributed by atoms with Gasteiger partial charge in [0.2, 0.25) is 15.9 Å². The summed E-state index contributed by atoms with van der Waals surface area (Å²) in [6.07, 6.45) is 4.82. The van der Waals surface area contributed by atoms with E-state index in [9.17, 15) is 13.2 Å². The van der Waals surface area contributed by atoms with Gasteiger partial charge in [-0.1, -0.05) is 23.7 Å². The number of amides is 1. The van der Waals surface area contributed by atoms with E-state index in [2.05, 4.69) is 22.3 Å². The summed E-state index contributed by atoms with van der Waals surface area (Å²) in [5.74, 6) is -0.370. The lowest BCUT2D eigenvalue weighted by Crippen LogP contribution is -2.40. The predicted octanol–water partition coefficient (Wildman–Crippen LogP) is 3.41. The molecule has 1 saturated heterocycles. The number of carbonyl (C=O) groups excluding carboxylic acids is 1. The first-order chi connectivity index (χ1) is 13.8. The zero-order valence-electron chi connectivity index (χ0n) is 16.5. The fourth-order valence-electron chi connectivity index (χ4n) is 3.37. The molecule has 1 amide bonds. The standard InChI is InChI=1S/C21H26ClN3O3S/c1-29(27,28)25(20-11-7-18(22)8-12-20)16-21(26)23-15-17-5-9-19(10-6-17)24-13-3-2-4-14-24/h5-12H,2-4,13-16H2,1H3,(H,23,26). The fraction of sp³-hybridized carbons (Fsp3) is 0.381. The van der Waals surface area contributed by atoms with Crippen molar-refractivity contribution in [2.75, 3.05) is 35.1 Å². The highest BCUT2D eigenvalue weighted by Gasteiger charge is 2.20. The second kappa shape index (κ2) is 9.50. The summed E-state index contributed by atoms with van der Waals surface area (Å²) in [6, 6.07) is 14.5. The Morgan fingerprint density at radius 3 is 2.24 bits per heavy atom. The molecule has 0 spiro atoms. The highest BCUT2D eigenvalue weighted by Crippen LogP contribution is 2.21. The molecule has 0 aliphatic carbocycles. The number of nitrogens with one attached hydrogen (secondary N) is 1. The van der Waals surface area contributed by atoms with Crippen molar-refractivity contribution in [3.63, 3.8) is 0 Å². The Bertz CT molecular complexity index is 925. The first-order valence-corrected chi connectivity index (χ1v) is 11.9. The number of anilines is 2. The summed E-state index contributed by atoms with van der Waals surface area (Å²) < 4.78 is 25.3. The van der Waals surface area contributed by atoms with Gasteiger partial charge in [-0.05, 0) is 61.2 Å². The van der Waals surface area contributed by atoms with Crippen LogP contribution in [0.2, 0.25) is 5.02 Å². The lowest BCUT2D eigenvalue weighted by Gasteiger charge is -2.28. The van der Waals surface area contributed by atoms with E-state index in [1.54, 1.807) is 24.3 Å². The van der Waals surface area contributed by atoms with E-state index in [1.807, 2.05) is 12.1 Å². The molecule has 6 nitrogen and oxygen atoms in total. The summed E-state index contributed by atoms with van der Waals surface area (Å²) in [5.41, 5.74) is 2.57. The molecule has 1 N–H and O–H groups in total. The van der Waals surface area contributed by atoms with Crippen LogP contribution in [0.15, 0.2) is 48.5 Å². The molecule has 1 aliphatic heterocycles. The van der Waals surface area contributed by atoms with Crippen molar-refractivity contribution in [3.8, 4) is 0 Å². The number of piperidine rings is 1. The second-order valence-electron chi connectivity index (χ2n) is 7.24. The van der Waals surface area contributed by atoms with E-state index in [-0.39, 0.29) is 12.5 Å². The van der Waals surface area contributed by atoms with Gasteiger partial charge in [0.25, 0.3) is 0 Å². The third-order valence-electron chi connectivity index (χ3n) is 4.95. The Balaban J connectivity index is 1.58. The van der Waals surface area contributed by atoms with E-state index >= 15 is 0 Å². The lowest BCUT2D eigenvalue weighted by molar-refractivity contribution is -0.119. The van der Waals surface area contributed by atoms with Gasteiger partial charge < -0.3 is 10.2 Å². The number of benzene rings is 2. The van der Waals surface area contributed by atoms with Crippen LogP contribution in [-0.2, 0) is 21.4 Å². The average Bonchev–Trinajstić information content (AvgIpc) is 2.71. The number of hydrogen-bond donors (Lipinski definition) is 1. The maximum atomic E-state index is 12.4. The largest absolute Gasteiger partial charge is 0.372 e. The molecule has 2 aromatic rings. The molecule has 0 radical (unpaired) electrons. The van der Waals surface area contributed by atoms with Crippen LogP contribution in [-0.4, -0.2) is 40.2 Å². The van der Waals surface area contributed by atoms with Crippen LogP contribution in [0.3, 0.4) is 0 Å². The maximum absolute atomic E-state index is 12.4. The summed E-state index contributed by atoms with van der Waals surface area (Å²) in [4.78, 5) is 14.8. The van der Waals surface area contributed by atoms with Crippen molar-refractivity contribution in [2.24, 2.45) is 0 Å². The van der Waals surface area contributed by atoms with Crippen LogP contribution in [0.25, 0.3) is 0 Å². The van der Waals surface area contributed by atoms with E-state index < -0.39 is 10.0 Å². The molecule has 29 heavy (non-hydrogen) atoms. The van der Waals surface area contributed by atoms with E-state index in [1.165, 1.54) is 24.9 Å². The van der Waals surface area contributed by atoms with Gasteiger partial charge in [0.15, 0.2) is 0 Å². The Labute approximate surface area is 177 Å². The summed E-state index contributed by atoms with van der Waals surface area (Å²) in [5, 5.41) is 3.30. The number of hydrogen-bond acceptors (Lipinski definition) is 4. The van der Waals surface area contributed by atoms with Crippen LogP contribution in [0.1, 0.15) is 24.8 Å². The van der Waals surface area contributed by atoms with Crippen LogP contribution in [0.4, 0.5) is 11.4 Å². The SMILES string of the molecule is CS(=O)(=O)N(CC(=O)NCc1ccc(N2CCCCC2)cc1)c1ccc(Cl)cc1. The molecule has 1 aliphatic rings. The molecule has 0 bridgehead atoms. The summed E-state index contributed by atoms with van der Waals surface area (Å²) >= 11 is 5.86. The number of rotatable bonds is 7. The molecule has 0 aromatic heterocycles. The van der Waals surface area contributed by atoms with Gasteiger partial charge in [0.1, 0.15) is 6.54 Å². The van der Waals surface area contributed by atoms with Crippen molar-refractivity contribution in [3.05, 3.63) is 59.1 Å². The molecule has 156 valence electrons. The van der Waals surface area contributed by atoms with Crippen LogP contribution >= 0.6 is 11.6 Å². The highest BCUT2D eigenvalue weighted by atomic mass is 35.5. The molecule has 3 rings (SSSR count). The van der Waals surface area contributed by atoms with Gasteiger partial charge in [-0.25, -0.2) is 8.42 Å². The number of halogens is 1. The number of sulfonamides is 1. The summed E-state index contributed by atoms with van der Waals surface area (Å²) in [7, 11) is -3.60. The molecule has 0 atom stereocenters. The Kier molecular flexibility index (Phi) is 7.03. The highest BCUT2D eigenvalue weighted by molar-refractivity contribution is 7.92. The van der Waals surface area contributed by atoms with Gasteiger partial charge >= 0.3 is 0 Å². The fourth-order valence-corrected chi connectivity index (χ4v) is 4.35. The Morgan fingerprint density at radius 2 is 1.66 bits per heavy atom. The lowest BCUT2D eigenvalue weighted by atomic mass is 10.1. The normalized spacial score (nSPS) is 14.5. The third-order valence-corrected chi connectivity index (χ3v) is 6.34. The van der Waals surface area contributed by atoms with Crippen LogP contribution < -0.4 is 14.5 Å².